The van der Waals surface area contributed by atoms with Crippen LogP contribution in [0.4, 0.5) is 0 Å². The lowest BCUT2D eigenvalue weighted by Gasteiger charge is -2.15. The Balaban J connectivity index is 3.23. The van der Waals surface area contributed by atoms with Gasteiger partial charge in [-0.15, -0.1) is 0 Å². The lowest BCUT2D eigenvalue weighted by molar-refractivity contribution is -0.378. The molecule has 13 heavy (non-hydrogen) atoms. The standard InChI is InChI=1S/C9H10NO3/c1-6-3-8(5-11)4-7(2)9(6)10(12)13/h3-5H,1-2H3,(H-,11,12,13)/q-1. The van der Waals surface area contributed by atoms with E-state index in [-0.39, 0.29) is 5.71 Å². The second-order valence-electron chi connectivity index (χ2n) is 2.89. The van der Waals surface area contributed by atoms with Crippen molar-refractivity contribution < 1.29 is 10.0 Å². The summed E-state index contributed by atoms with van der Waals surface area (Å²) in [5.41, 5.74) is 1.82. The van der Waals surface area contributed by atoms with Crippen LogP contribution in [0, 0.1) is 10.4 Å². The first-order valence-corrected chi connectivity index (χ1v) is 3.79. The largest absolute Gasteiger partial charge is 0.612 e. The Kier molecular flexibility index (Phi) is 2.41. The van der Waals surface area contributed by atoms with Crippen molar-refractivity contribution in [3.05, 3.63) is 45.5 Å². The topological polar surface area (TPSA) is 69.4 Å². The number of hydrogen-bond donors (Lipinski definition) is 1. The second kappa shape index (κ2) is 3.35. The third-order valence-electron chi connectivity index (χ3n) is 1.85. The van der Waals surface area contributed by atoms with Crippen LogP contribution in [0.5, 0.6) is 0 Å². The Morgan fingerprint density at radius 2 is 1.69 bits per heavy atom. The molecule has 0 radical (unpaired) electrons. The van der Waals surface area contributed by atoms with Crippen LogP contribution in [0.3, 0.4) is 0 Å². The van der Waals surface area contributed by atoms with Crippen LogP contribution in [-0.4, -0.2) is 15.7 Å². The fourth-order valence-corrected chi connectivity index (χ4v) is 1.35. The molecule has 0 aromatic rings. The molecule has 0 unspecified atom stereocenters. The highest BCUT2D eigenvalue weighted by Gasteiger charge is 2.17. The number of rotatable bonds is 0. The summed E-state index contributed by atoms with van der Waals surface area (Å²) in [7, 11) is 0. The van der Waals surface area contributed by atoms with E-state index in [0.29, 0.717) is 16.7 Å². The normalized spacial score (nSPS) is 16.5. The third-order valence-corrected chi connectivity index (χ3v) is 1.85. The zero-order valence-corrected chi connectivity index (χ0v) is 7.44. The molecule has 0 saturated heterocycles. The first-order valence-electron chi connectivity index (χ1n) is 3.79. The lowest BCUT2D eigenvalue weighted by atomic mass is 9.96. The maximum absolute atomic E-state index is 10.6. The number of hydrogen-bond acceptors (Lipinski definition) is 3. The van der Waals surface area contributed by atoms with Crippen molar-refractivity contribution in [1.29, 1.82) is 0 Å². The van der Waals surface area contributed by atoms with Gasteiger partial charge in [-0.1, -0.05) is 0 Å². The minimum Gasteiger partial charge on any atom is -0.612 e. The molecule has 1 aliphatic rings. The van der Waals surface area contributed by atoms with Crippen molar-refractivity contribution in [3.8, 4) is 0 Å². The van der Waals surface area contributed by atoms with Crippen molar-refractivity contribution in [3.63, 3.8) is 0 Å². The number of aliphatic hydroxyl groups is 1. The fraction of sp³-hybridized carbons (Fsp3) is 0.222. The predicted octanol–water partition coefficient (Wildman–Crippen LogP) is 1.78. The molecule has 0 amide bonds. The summed E-state index contributed by atoms with van der Waals surface area (Å²) >= 11 is 0. The molecule has 4 heteroatoms. The minimum atomic E-state index is -0.411. The van der Waals surface area contributed by atoms with Gasteiger partial charge in [0.2, 0.25) is 5.71 Å². The van der Waals surface area contributed by atoms with Crippen molar-refractivity contribution >= 4 is 5.71 Å². The van der Waals surface area contributed by atoms with Crippen LogP contribution in [0.2, 0.25) is 0 Å². The molecule has 1 N–H and O–H groups in total. The van der Waals surface area contributed by atoms with Crippen LogP contribution in [0.15, 0.2) is 35.1 Å². The molecular formula is C9H10NO3-. The van der Waals surface area contributed by atoms with Gasteiger partial charge in [0, 0.05) is 16.7 Å². The lowest BCUT2D eigenvalue weighted by Crippen LogP contribution is -2.16. The maximum atomic E-state index is 10.6. The SMILES string of the molecule is CC1=CC(=CO)C=C(C)C1=[N+]([O-])[O-]. The summed E-state index contributed by atoms with van der Waals surface area (Å²) in [5, 5.41) is 29.9. The summed E-state index contributed by atoms with van der Waals surface area (Å²) in [5.74, 6) is 0. The molecule has 0 aliphatic heterocycles. The minimum absolute atomic E-state index is 0.116. The van der Waals surface area contributed by atoms with Gasteiger partial charge in [0.25, 0.3) is 0 Å². The molecule has 0 fully saturated rings. The second-order valence-corrected chi connectivity index (χ2v) is 2.89. The van der Waals surface area contributed by atoms with E-state index >= 15 is 0 Å². The van der Waals surface area contributed by atoms with Gasteiger partial charge in [-0.2, -0.15) is 4.90 Å². The van der Waals surface area contributed by atoms with Crippen LogP contribution in [-0.2, 0) is 0 Å². The van der Waals surface area contributed by atoms with Gasteiger partial charge < -0.3 is 15.5 Å². The zero-order chi connectivity index (χ0) is 10.0. The molecular weight excluding hydrogens is 170 g/mol. The average Bonchev–Trinajstić information content (AvgIpc) is 2.02. The van der Waals surface area contributed by atoms with E-state index < -0.39 is 4.90 Å². The summed E-state index contributed by atoms with van der Waals surface area (Å²) in [6.45, 7) is 3.30. The molecule has 0 aromatic heterocycles. The van der Waals surface area contributed by atoms with Gasteiger partial charge in [0.1, 0.15) is 0 Å². The van der Waals surface area contributed by atoms with Gasteiger partial charge in [-0.05, 0) is 26.0 Å². The number of aliphatic hydroxyl groups excluding tert-OH is 1. The highest BCUT2D eigenvalue weighted by Crippen LogP contribution is 2.18. The summed E-state index contributed by atoms with van der Waals surface area (Å²) < 4.78 is 0. The summed E-state index contributed by atoms with van der Waals surface area (Å²) in [4.78, 5) is -0.411. The Labute approximate surface area is 76.0 Å². The smallest absolute Gasteiger partial charge is 0.228 e. The van der Waals surface area contributed by atoms with Crippen LogP contribution in [0.25, 0.3) is 0 Å². The molecule has 0 aromatic carbocycles. The van der Waals surface area contributed by atoms with Gasteiger partial charge in [-0.3, -0.25) is 0 Å². The fourth-order valence-electron chi connectivity index (χ4n) is 1.35. The van der Waals surface area contributed by atoms with Gasteiger partial charge in [0.05, 0.1) is 6.26 Å². The Morgan fingerprint density at radius 1 is 1.23 bits per heavy atom. The van der Waals surface area contributed by atoms with Crippen molar-refractivity contribution in [2.45, 2.75) is 13.8 Å². The summed E-state index contributed by atoms with van der Waals surface area (Å²) in [6.07, 6.45) is 4.08. The molecule has 0 saturated carbocycles. The predicted molar refractivity (Wildman–Crippen MR) is 50.2 cm³/mol. The zero-order valence-electron chi connectivity index (χ0n) is 7.44. The third kappa shape index (κ3) is 1.72. The highest BCUT2D eigenvalue weighted by molar-refractivity contribution is 6.10. The first kappa shape index (κ1) is 9.38. The van der Waals surface area contributed by atoms with E-state index in [1.54, 1.807) is 26.0 Å². The van der Waals surface area contributed by atoms with E-state index in [0.717, 1.165) is 6.26 Å². The molecule has 1 rings (SSSR count). The van der Waals surface area contributed by atoms with Crippen molar-refractivity contribution in [1.82, 2.24) is 0 Å². The quantitative estimate of drug-likeness (QED) is 0.351. The highest BCUT2D eigenvalue weighted by atomic mass is 16.8. The van der Waals surface area contributed by atoms with Crippen molar-refractivity contribution in [2.75, 3.05) is 0 Å². The molecule has 70 valence electrons. The molecule has 1 aliphatic carbocycles. The van der Waals surface area contributed by atoms with Crippen LogP contribution < -0.4 is 0 Å². The summed E-state index contributed by atoms with van der Waals surface area (Å²) in [6, 6.07) is 0. The Morgan fingerprint density at radius 3 is 2.00 bits per heavy atom. The van der Waals surface area contributed by atoms with Gasteiger partial charge in [-0.25, -0.2) is 0 Å². The molecule has 0 bridgehead atoms. The van der Waals surface area contributed by atoms with Crippen LogP contribution in [0.1, 0.15) is 13.8 Å². The van der Waals surface area contributed by atoms with E-state index in [1.807, 2.05) is 0 Å². The number of nitrogens with zero attached hydrogens (tertiary/aromatic N) is 1. The Bertz CT molecular complexity index is 320. The Hall–Kier alpha value is -1.71. The van der Waals surface area contributed by atoms with E-state index in [1.165, 1.54) is 0 Å². The molecule has 0 heterocycles. The van der Waals surface area contributed by atoms with E-state index in [4.69, 9.17) is 5.11 Å². The van der Waals surface area contributed by atoms with E-state index in [9.17, 15) is 10.4 Å². The molecule has 0 spiro atoms. The van der Waals surface area contributed by atoms with Crippen LogP contribution >= 0.6 is 0 Å². The first-order chi connectivity index (χ1) is 6.06. The number of allylic oxidation sites excluding steroid dienone is 5. The van der Waals surface area contributed by atoms with Gasteiger partial charge >= 0.3 is 0 Å². The average molecular weight is 180 g/mol. The monoisotopic (exact) mass is 180 g/mol. The molecule has 4 nitrogen and oxygen atoms in total. The van der Waals surface area contributed by atoms with E-state index in [2.05, 4.69) is 0 Å². The maximum Gasteiger partial charge on any atom is 0.228 e. The van der Waals surface area contributed by atoms with Gasteiger partial charge in [0.15, 0.2) is 0 Å². The van der Waals surface area contributed by atoms with Crippen molar-refractivity contribution in [2.24, 2.45) is 0 Å². The molecule has 0 atom stereocenters.